The lowest BCUT2D eigenvalue weighted by Gasteiger charge is -2.21. The van der Waals surface area contributed by atoms with E-state index in [-0.39, 0.29) is 18.6 Å². The number of rotatable bonds is 10. The zero-order valence-corrected chi connectivity index (χ0v) is 21.8. The van der Waals surface area contributed by atoms with E-state index in [0.717, 1.165) is 24.5 Å². The Morgan fingerprint density at radius 3 is 2.27 bits per heavy atom. The number of carboxylic acid groups (broad SMARTS) is 1. The van der Waals surface area contributed by atoms with Crippen molar-refractivity contribution in [1.29, 1.82) is 0 Å². The van der Waals surface area contributed by atoms with Crippen molar-refractivity contribution in [3.63, 3.8) is 0 Å². The third kappa shape index (κ3) is 5.57. The molecular weight excluding hydrogens is 492 g/mol. The molecule has 1 N–H and O–H groups in total. The van der Waals surface area contributed by atoms with Crippen LogP contribution in [0, 0.1) is 0 Å². The van der Waals surface area contributed by atoms with E-state index in [2.05, 4.69) is 18.7 Å². The summed E-state index contributed by atoms with van der Waals surface area (Å²) in [4.78, 5) is 27.3. The number of fused-ring (bicyclic) bond motifs is 1. The summed E-state index contributed by atoms with van der Waals surface area (Å²) in [6.07, 6.45) is -0.188. The molecule has 0 radical (unpaired) electrons. The maximum absolute atomic E-state index is 12.5. The molecule has 7 nitrogen and oxygen atoms in total. The minimum atomic E-state index is -1.14. The molecule has 0 atom stereocenters. The Morgan fingerprint density at radius 2 is 1.65 bits per heavy atom. The van der Waals surface area contributed by atoms with Gasteiger partial charge in [-0.3, -0.25) is 4.79 Å². The highest BCUT2D eigenvalue weighted by Gasteiger charge is 2.26. The van der Waals surface area contributed by atoms with Crippen LogP contribution in [0.15, 0.2) is 66.7 Å². The fraction of sp³-hybridized carbons (Fsp3) is 0.241. The highest BCUT2D eigenvalue weighted by atomic mass is 35.5. The van der Waals surface area contributed by atoms with E-state index in [1.807, 2.05) is 28.8 Å². The monoisotopic (exact) mass is 520 g/mol. The second kappa shape index (κ2) is 11.4. The third-order valence-corrected chi connectivity index (χ3v) is 6.37. The molecule has 0 saturated carbocycles. The molecule has 0 aliphatic heterocycles. The van der Waals surface area contributed by atoms with Gasteiger partial charge in [0.05, 0.1) is 24.1 Å². The summed E-state index contributed by atoms with van der Waals surface area (Å²) in [7, 11) is 0. The van der Waals surface area contributed by atoms with Crippen LogP contribution in [0.25, 0.3) is 16.6 Å². The highest BCUT2D eigenvalue weighted by molar-refractivity contribution is 6.30. The molecule has 192 valence electrons. The van der Waals surface area contributed by atoms with Crippen LogP contribution >= 0.6 is 11.6 Å². The number of aromatic carboxylic acids is 1. The molecule has 3 aromatic carbocycles. The maximum Gasteiger partial charge on any atom is 0.338 e. The average Bonchev–Trinajstić information content (AvgIpc) is 3.18. The molecule has 1 aromatic heterocycles. The van der Waals surface area contributed by atoms with Crippen molar-refractivity contribution in [2.24, 2.45) is 0 Å². The summed E-state index contributed by atoms with van der Waals surface area (Å²) in [6.45, 7) is 7.85. The van der Waals surface area contributed by atoms with Gasteiger partial charge in [0.15, 0.2) is 0 Å². The molecule has 0 saturated heterocycles. The fourth-order valence-corrected chi connectivity index (χ4v) is 4.68. The first-order valence-corrected chi connectivity index (χ1v) is 12.6. The SMILES string of the molecule is CCOC(=O)Cc1c(C(=O)O)c2cc(Oc3cccc(Cl)c3)ccc2n1-c1ccc(N(CC)CC)cc1. The highest BCUT2D eigenvalue weighted by Crippen LogP contribution is 2.35. The normalized spacial score (nSPS) is 10.9. The van der Waals surface area contributed by atoms with Gasteiger partial charge in [0, 0.05) is 40.6 Å². The molecule has 0 amide bonds. The van der Waals surface area contributed by atoms with Crippen LogP contribution in [0.4, 0.5) is 5.69 Å². The zero-order chi connectivity index (χ0) is 26.5. The van der Waals surface area contributed by atoms with E-state index < -0.39 is 11.9 Å². The number of hydrogen-bond acceptors (Lipinski definition) is 5. The smallest absolute Gasteiger partial charge is 0.338 e. The molecule has 0 spiro atoms. The molecule has 0 unspecified atom stereocenters. The van der Waals surface area contributed by atoms with E-state index in [1.165, 1.54) is 0 Å². The van der Waals surface area contributed by atoms with Gasteiger partial charge in [0.2, 0.25) is 0 Å². The lowest BCUT2D eigenvalue weighted by Crippen LogP contribution is -2.21. The van der Waals surface area contributed by atoms with E-state index in [0.29, 0.717) is 33.1 Å². The van der Waals surface area contributed by atoms with Crippen molar-refractivity contribution in [2.45, 2.75) is 27.2 Å². The third-order valence-electron chi connectivity index (χ3n) is 6.14. The van der Waals surface area contributed by atoms with Crippen LogP contribution in [0.3, 0.4) is 0 Å². The number of benzene rings is 3. The van der Waals surface area contributed by atoms with Crippen LogP contribution in [-0.2, 0) is 16.0 Å². The lowest BCUT2D eigenvalue weighted by atomic mass is 10.1. The van der Waals surface area contributed by atoms with Crippen LogP contribution < -0.4 is 9.64 Å². The number of halogens is 1. The van der Waals surface area contributed by atoms with Crippen molar-refractivity contribution in [2.75, 3.05) is 24.6 Å². The molecule has 37 heavy (non-hydrogen) atoms. The molecular formula is C29H29ClN2O5. The van der Waals surface area contributed by atoms with Gasteiger partial charge in [-0.2, -0.15) is 0 Å². The second-order valence-electron chi connectivity index (χ2n) is 8.37. The number of carbonyl (C=O) groups excluding carboxylic acids is 1. The van der Waals surface area contributed by atoms with Gasteiger partial charge in [-0.1, -0.05) is 17.7 Å². The van der Waals surface area contributed by atoms with Crippen molar-refractivity contribution in [3.05, 3.63) is 83.0 Å². The van der Waals surface area contributed by atoms with Crippen LogP contribution in [0.1, 0.15) is 36.8 Å². The zero-order valence-electron chi connectivity index (χ0n) is 21.0. The van der Waals surface area contributed by atoms with Crippen molar-refractivity contribution in [3.8, 4) is 17.2 Å². The fourth-order valence-electron chi connectivity index (χ4n) is 4.50. The maximum atomic E-state index is 12.5. The van der Waals surface area contributed by atoms with Gasteiger partial charge in [0.25, 0.3) is 0 Å². The predicted molar refractivity (Wildman–Crippen MR) is 146 cm³/mol. The largest absolute Gasteiger partial charge is 0.478 e. The van der Waals surface area contributed by atoms with Gasteiger partial charge < -0.3 is 24.0 Å². The number of nitrogens with zero attached hydrogens (tertiary/aromatic N) is 2. The Morgan fingerprint density at radius 1 is 0.946 bits per heavy atom. The number of hydrogen-bond donors (Lipinski definition) is 1. The first kappa shape index (κ1) is 26.1. The van der Waals surface area contributed by atoms with Gasteiger partial charge in [0.1, 0.15) is 11.5 Å². The Labute approximate surface area is 220 Å². The summed E-state index contributed by atoms with van der Waals surface area (Å²) in [6, 6.07) is 20.1. The van der Waals surface area contributed by atoms with Gasteiger partial charge in [-0.25, -0.2) is 4.79 Å². The topological polar surface area (TPSA) is 81.0 Å². The molecule has 0 aliphatic rings. The molecule has 0 aliphatic carbocycles. The predicted octanol–water partition coefficient (Wildman–Crippen LogP) is 6.73. The molecule has 1 heterocycles. The van der Waals surface area contributed by atoms with Gasteiger partial charge in [-0.15, -0.1) is 0 Å². The van der Waals surface area contributed by atoms with Crippen LogP contribution in [0.5, 0.6) is 11.5 Å². The molecule has 0 fully saturated rings. The first-order chi connectivity index (χ1) is 17.9. The summed E-state index contributed by atoms with van der Waals surface area (Å²) >= 11 is 6.08. The molecule has 0 bridgehead atoms. The number of carbonyl (C=O) groups is 2. The lowest BCUT2D eigenvalue weighted by molar-refractivity contribution is -0.142. The Hall–Kier alpha value is -3.97. The Balaban J connectivity index is 1.88. The van der Waals surface area contributed by atoms with Crippen LogP contribution in [0.2, 0.25) is 5.02 Å². The summed E-state index contributed by atoms with van der Waals surface area (Å²) in [5, 5.41) is 11.2. The van der Waals surface area contributed by atoms with E-state index in [1.54, 1.807) is 49.4 Å². The molecule has 8 heteroatoms. The number of anilines is 1. The summed E-state index contributed by atoms with van der Waals surface area (Å²) < 4.78 is 12.9. The summed E-state index contributed by atoms with van der Waals surface area (Å²) in [5.74, 6) is -0.650. The number of carboxylic acids is 1. The number of ether oxygens (including phenoxy) is 2. The van der Waals surface area contributed by atoms with Crippen molar-refractivity contribution >= 4 is 40.1 Å². The van der Waals surface area contributed by atoms with Gasteiger partial charge in [-0.05, 0) is 81.4 Å². The Bertz CT molecular complexity index is 1420. The molecule has 4 rings (SSSR count). The number of aromatic nitrogens is 1. The minimum Gasteiger partial charge on any atom is -0.478 e. The van der Waals surface area contributed by atoms with Crippen LogP contribution in [-0.4, -0.2) is 41.3 Å². The number of esters is 1. The second-order valence-corrected chi connectivity index (χ2v) is 8.81. The van der Waals surface area contributed by atoms with Crippen molar-refractivity contribution in [1.82, 2.24) is 4.57 Å². The van der Waals surface area contributed by atoms with E-state index in [4.69, 9.17) is 21.1 Å². The average molecular weight is 521 g/mol. The minimum absolute atomic E-state index is 0.0346. The first-order valence-electron chi connectivity index (χ1n) is 12.2. The van der Waals surface area contributed by atoms with E-state index >= 15 is 0 Å². The van der Waals surface area contributed by atoms with Gasteiger partial charge >= 0.3 is 11.9 Å². The summed E-state index contributed by atoms with van der Waals surface area (Å²) in [5.41, 5.74) is 2.83. The standard InChI is InChI=1S/C29H29ClN2O5/c1-4-31(5-2)20-10-12-21(13-11-20)32-25-15-14-23(37-22-9-7-8-19(30)16-22)17-24(25)28(29(34)35)26(32)18-27(33)36-6-3/h7-17H,4-6,18H2,1-3H3,(H,34,35). The van der Waals surface area contributed by atoms with Crippen molar-refractivity contribution < 1.29 is 24.2 Å². The van der Waals surface area contributed by atoms with E-state index in [9.17, 15) is 14.7 Å². The molecule has 4 aromatic rings. The quantitative estimate of drug-likeness (QED) is 0.234. The Kier molecular flexibility index (Phi) is 8.04.